The Labute approximate surface area is 160 Å². The van der Waals surface area contributed by atoms with Gasteiger partial charge in [0.15, 0.2) is 0 Å². The van der Waals surface area contributed by atoms with E-state index < -0.39 is 0 Å². The van der Waals surface area contributed by atoms with E-state index in [1.54, 1.807) is 34.8 Å². The fraction of sp³-hybridized carbons (Fsp3) is 0.263. The standard InChI is InChI=1S/C19H19N3O2S2/c23-17-3-1-16(2-4-17)21-6-8-22(9-7-21)18(24)11-15-13-26-19(20-15)14-5-10-25-12-14/h1-5,10,12-13,23H,6-9,11H2. The molecule has 4 rings (SSSR count). The Hall–Kier alpha value is -2.38. The van der Waals surface area contributed by atoms with Gasteiger partial charge in [0.05, 0.1) is 12.1 Å². The molecule has 1 aliphatic heterocycles. The van der Waals surface area contributed by atoms with Gasteiger partial charge in [-0.3, -0.25) is 4.79 Å². The smallest absolute Gasteiger partial charge is 0.228 e. The zero-order chi connectivity index (χ0) is 17.9. The second-order valence-electron chi connectivity index (χ2n) is 6.22. The Kier molecular flexibility index (Phi) is 4.90. The molecule has 1 N–H and O–H groups in total. The lowest BCUT2D eigenvalue weighted by molar-refractivity contribution is -0.130. The van der Waals surface area contributed by atoms with E-state index in [9.17, 15) is 9.90 Å². The summed E-state index contributed by atoms with van der Waals surface area (Å²) in [6, 6.07) is 9.26. The molecule has 1 aliphatic rings. The molecule has 1 amide bonds. The zero-order valence-corrected chi connectivity index (χ0v) is 15.8. The molecular weight excluding hydrogens is 366 g/mol. The van der Waals surface area contributed by atoms with E-state index in [1.165, 1.54) is 0 Å². The van der Waals surface area contributed by atoms with E-state index in [4.69, 9.17) is 0 Å². The van der Waals surface area contributed by atoms with E-state index in [0.717, 1.165) is 35.0 Å². The molecule has 3 heterocycles. The summed E-state index contributed by atoms with van der Waals surface area (Å²) in [7, 11) is 0. The Morgan fingerprint density at radius 1 is 1.08 bits per heavy atom. The van der Waals surface area contributed by atoms with E-state index in [0.29, 0.717) is 19.5 Å². The number of phenolic OH excluding ortho intramolecular Hbond substituents is 1. The maximum absolute atomic E-state index is 12.6. The van der Waals surface area contributed by atoms with Crippen LogP contribution < -0.4 is 4.90 Å². The van der Waals surface area contributed by atoms with Gasteiger partial charge in [0.1, 0.15) is 10.8 Å². The summed E-state index contributed by atoms with van der Waals surface area (Å²) in [5, 5.41) is 16.5. The maximum Gasteiger partial charge on any atom is 0.228 e. The summed E-state index contributed by atoms with van der Waals surface area (Å²) in [4.78, 5) is 21.3. The number of phenols is 1. The lowest BCUT2D eigenvalue weighted by Gasteiger charge is -2.36. The fourth-order valence-corrected chi connectivity index (χ4v) is 4.58. The number of piperazine rings is 1. The molecule has 3 aromatic rings. The van der Waals surface area contributed by atoms with Gasteiger partial charge in [-0.2, -0.15) is 11.3 Å². The molecule has 1 saturated heterocycles. The molecule has 26 heavy (non-hydrogen) atoms. The van der Waals surface area contributed by atoms with Gasteiger partial charge < -0.3 is 14.9 Å². The first-order valence-corrected chi connectivity index (χ1v) is 10.3. The number of carbonyl (C=O) groups is 1. The van der Waals surface area contributed by atoms with Gasteiger partial charge in [-0.05, 0) is 35.7 Å². The van der Waals surface area contributed by atoms with Crippen LogP contribution in [-0.2, 0) is 11.2 Å². The molecule has 134 valence electrons. The fourth-order valence-electron chi connectivity index (χ4n) is 3.05. The number of thiophene rings is 1. The van der Waals surface area contributed by atoms with Crippen molar-refractivity contribution in [3.63, 3.8) is 0 Å². The van der Waals surface area contributed by atoms with Crippen LogP contribution in [0.1, 0.15) is 5.69 Å². The number of aromatic nitrogens is 1. The third kappa shape index (κ3) is 3.73. The van der Waals surface area contributed by atoms with Gasteiger partial charge in [-0.15, -0.1) is 11.3 Å². The van der Waals surface area contributed by atoms with Crippen LogP contribution in [0.3, 0.4) is 0 Å². The van der Waals surface area contributed by atoms with Gasteiger partial charge >= 0.3 is 0 Å². The number of rotatable bonds is 4. The summed E-state index contributed by atoms with van der Waals surface area (Å²) < 4.78 is 0. The van der Waals surface area contributed by atoms with Crippen molar-refractivity contribution in [2.45, 2.75) is 6.42 Å². The van der Waals surface area contributed by atoms with Crippen LogP contribution in [0.4, 0.5) is 5.69 Å². The van der Waals surface area contributed by atoms with E-state index in [2.05, 4.69) is 21.3 Å². The molecule has 0 bridgehead atoms. The predicted octanol–water partition coefficient (Wildman–Crippen LogP) is 3.47. The third-order valence-electron chi connectivity index (χ3n) is 4.50. The summed E-state index contributed by atoms with van der Waals surface area (Å²) in [5.41, 5.74) is 3.05. The van der Waals surface area contributed by atoms with E-state index >= 15 is 0 Å². The van der Waals surface area contributed by atoms with Crippen LogP contribution in [0.15, 0.2) is 46.5 Å². The lowest BCUT2D eigenvalue weighted by atomic mass is 10.2. The molecule has 1 fully saturated rings. The van der Waals surface area contributed by atoms with E-state index in [1.807, 2.05) is 27.8 Å². The average molecular weight is 386 g/mol. The van der Waals surface area contributed by atoms with Crippen LogP contribution in [-0.4, -0.2) is 47.1 Å². The van der Waals surface area contributed by atoms with Crippen molar-refractivity contribution in [3.8, 4) is 16.3 Å². The molecule has 0 atom stereocenters. The van der Waals surface area contributed by atoms with Crippen molar-refractivity contribution in [2.24, 2.45) is 0 Å². The molecule has 0 spiro atoms. The number of carbonyl (C=O) groups excluding carboxylic acids is 1. The van der Waals surface area contributed by atoms with Crippen LogP contribution in [0.5, 0.6) is 5.75 Å². The minimum Gasteiger partial charge on any atom is -0.508 e. The molecule has 5 nitrogen and oxygen atoms in total. The number of anilines is 1. The molecule has 2 aromatic heterocycles. The first-order valence-electron chi connectivity index (χ1n) is 8.48. The number of benzene rings is 1. The highest BCUT2D eigenvalue weighted by atomic mass is 32.1. The highest BCUT2D eigenvalue weighted by Gasteiger charge is 2.22. The van der Waals surface area contributed by atoms with Gasteiger partial charge in [0, 0.05) is 48.2 Å². The number of hydrogen-bond donors (Lipinski definition) is 1. The first-order chi connectivity index (χ1) is 12.7. The normalized spacial score (nSPS) is 14.6. The molecule has 0 unspecified atom stereocenters. The Morgan fingerprint density at radius 2 is 1.85 bits per heavy atom. The Balaban J connectivity index is 1.33. The predicted molar refractivity (Wildman–Crippen MR) is 106 cm³/mol. The van der Waals surface area contributed by atoms with Crippen molar-refractivity contribution in [2.75, 3.05) is 31.1 Å². The highest BCUT2D eigenvalue weighted by molar-refractivity contribution is 7.14. The van der Waals surface area contributed by atoms with Crippen LogP contribution in [0.2, 0.25) is 0 Å². The minimum absolute atomic E-state index is 0.137. The Bertz CT molecular complexity index is 867. The number of amides is 1. The topological polar surface area (TPSA) is 56.7 Å². The van der Waals surface area contributed by atoms with Crippen LogP contribution in [0.25, 0.3) is 10.6 Å². The monoisotopic (exact) mass is 385 g/mol. The zero-order valence-electron chi connectivity index (χ0n) is 14.2. The van der Waals surface area contributed by atoms with Gasteiger partial charge in [0.2, 0.25) is 5.91 Å². The van der Waals surface area contributed by atoms with Crippen molar-refractivity contribution in [1.82, 2.24) is 9.88 Å². The largest absolute Gasteiger partial charge is 0.508 e. The summed E-state index contributed by atoms with van der Waals surface area (Å²) in [5.74, 6) is 0.408. The average Bonchev–Trinajstić information content (AvgIpc) is 3.34. The molecule has 0 aliphatic carbocycles. The number of nitrogens with zero attached hydrogens (tertiary/aromatic N) is 3. The Morgan fingerprint density at radius 3 is 2.54 bits per heavy atom. The second-order valence-corrected chi connectivity index (χ2v) is 7.86. The van der Waals surface area contributed by atoms with Gasteiger partial charge in [-0.25, -0.2) is 4.98 Å². The van der Waals surface area contributed by atoms with Crippen molar-refractivity contribution < 1.29 is 9.90 Å². The summed E-state index contributed by atoms with van der Waals surface area (Å²) >= 11 is 3.24. The number of aromatic hydroxyl groups is 1. The quantitative estimate of drug-likeness (QED) is 0.747. The minimum atomic E-state index is 0.137. The third-order valence-corrected chi connectivity index (χ3v) is 6.12. The second kappa shape index (κ2) is 7.47. The van der Waals surface area contributed by atoms with Crippen molar-refractivity contribution in [1.29, 1.82) is 0 Å². The van der Waals surface area contributed by atoms with Gasteiger partial charge in [0.25, 0.3) is 0 Å². The molecule has 0 saturated carbocycles. The van der Waals surface area contributed by atoms with Crippen LogP contribution >= 0.6 is 22.7 Å². The summed E-state index contributed by atoms with van der Waals surface area (Å²) in [6.45, 7) is 3.02. The van der Waals surface area contributed by atoms with E-state index in [-0.39, 0.29) is 11.7 Å². The molecule has 0 radical (unpaired) electrons. The SMILES string of the molecule is O=C(Cc1csc(-c2ccsc2)n1)N1CCN(c2ccc(O)cc2)CC1. The highest BCUT2D eigenvalue weighted by Crippen LogP contribution is 2.26. The van der Waals surface area contributed by atoms with Crippen molar-refractivity contribution >= 4 is 34.3 Å². The first kappa shape index (κ1) is 17.1. The number of thiazole rings is 1. The maximum atomic E-state index is 12.6. The number of hydrogen-bond acceptors (Lipinski definition) is 6. The molecular formula is C19H19N3O2S2. The lowest BCUT2D eigenvalue weighted by Crippen LogP contribution is -2.49. The van der Waals surface area contributed by atoms with Crippen LogP contribution in [0, 0.1) is 0 Å². The molecule has 1 aromatic carbocycles. The van der Waals surface area contributed by atoms with Gasteiger partial charge in [-0.1, -0.05) is 0 Å². The molecule has 7 heteroatoms. The summed E-state index contributed by atoms with van der Waals surface area (Å²) in [6.07, 6.45) is 0.361. The van der Waals surface area contributed by atoms with Crippen molar-refractivity contribution in [3.05, 3.63) is 52.2 Å².